The fraction of sp³-hybridized carbons (Fsp3) is 0.579. The number of phenolic OH excluding ortho intramolecular Hbond substituents is 1. The summed E-state index contributed by atoms with van der Waals surface area (Å²) in [5, 5.41) is 17.6. The minimum atomic E-state index is -1.01. The Labute approximate surface area is 160 Å². The van der Waals surface area contributed by atoms with E-state index in [0.29, 0.717) is 24.2 Å². The number of anilines is 1. The van der Waals surface area contributed by atoms with E-state index >= 15 is 0 Å². The number of benzene rings is 1. The zero-order chi connectivity index (χ0) is 19.3. The Morgan fingerprint density at radius 3 is 2.61 bits per heavy atom. The molecular weight excluding hydrogens is 370 g/mol. The highest BCUT2D eigenvalue weighted by Gasteiger charge is 2.52. The minimum Gasteiger partial charge on any atom is -0.508 e. The van der Waals surface area contributed by atoms with Gasteiger partial charge in [-0.3, -0.25) is 4.90 Å². The first-order chi connectivity index (χ1) is 13.5. The molecule has 1 aromatic heterocycles. The van der Waals surface area contributed by atoms with Crippen LogP contribution in [0.5, 0.6) is 5.75 Å². The number of likely N-dealkylation sites (tertiary alicyclic amines) is 1. The highest BCUT2D eigenvalue weighted by molar-refractivity contribution is 5.37. The number of halogens is 2. The van der Waals surface area contributed by atoms with Crippen molar-refractivity contribution >= 4 is 6.01 Å². The summed E-state index contributed by atoms with van der Waals surface area (Å²) in [7, 11) is 0. The summed E-state index contributed by atoms with van der Waals surface area (Å²) >= 11 is 0. The van der Waals surface area contributed by atoms with Gasteiger partial charge in [0.05, 0.1) is 19.7 Å². The predicted octanol–water partition coefficient (Wildman–Crippen LogP) is 2.28. The molecule has 1 atom stereocenters. The summed E-state index contributed by atoms with van der Waals surface area (Å²) < 4.78 is 38.2. The first-order valence-electron chi connectivity index (χ1n) is 9.60. The van der Waals surface area contributed by atoms with Crippen LogP contribution < -0.4 is 4.90 Å². The molecule has 28 heavy (non-hydrogen) atoms. The molecule has 4 heterocycles. The Balaban J connectivity index is 1.17. The van der Waals surface area contributed by atoms with E-state index in [2.05, 4.69) is 15.1 Å². The SMILES string of the molecule is Oc1cc(F)c(F)cc1C1CCN(C2COC3(C2)CN(c2nnco2)C3)CC1. The highest BCUT2D eigenvalue weighted by atomic mass is 19.2. The van der Waals surface area contributed by atoms with Crippen LogP contribution in [0.2, 0.25) is 0 Å². The second-order valence-electron chi connectivity index (χ2n) is 8.06. The van der Waals surface area contributed by atoms with Gasteiger partial charge in [0, 0.05) is 17.7 Å². The molecular formula is C19H22F2N4O3. The number of nitrogens with zero attached hydrogens (tertiary/aromatic N) is 4. The maximum atomic E-state index is 13.6. The van der Waals surface area contributed by atoms with Crippen LogP contribution in [0, 0.1) is 11.6 Å². The summed E-state index contributed by atoms with van der Waals surface area (Å²) in [6.07, 6.45) is 3.89. The van der Waals surface area contributed by atoms with Gasteiger partial charge in [-0.05, 0) is 44.3 Å². The van der Waals surface area contributed by atoms with Crippen molar-refractivity contribution in [3.63, 3.8) is 0 Å². The molecule has 0 aliphatic carbocycles. The van der Waals surface area contributed by atoms with Gasteiger partial charge in [0.25, 0.3) is 0 Å². The van der Waals surface area contributed by atoms with Crippen LogP contribution in [-0.4, -0.2) is 64.6 Å². The minimum absolute atomic E-state index is 0.0411. The molecule has 0 amide bonds. The van der Waals surface area contributed by atoms with Gasteiger partial charge in [-0.25, -0.2) is 8.78 Å². The van der Waals surface area contributed by atoms with E-state index in [1.165, 1.54) is 6.39 Å². The number of hydrogen-bond acceptors (Lipinski definition) is 7. The summed E-state index contributed by atoms with van der Waals surface area (Å²) in [6, 6.07) is 2.89. The Morgan fingerprint density at radius 2 is 1.89 bits per heavy atom. The quantitative estimate of drug-likeness (QED) is 0.859. The van der Waals surface area contributed by atoms with Gasteiger partial charge >= 0.3 is 6.01 Å². The molecule has 7 nitrogen and oxygen atoms in total. The van der Waals surface area contributed by atoms with E-state index in [4.69, 9.17) is 9.15 Å². The Morgan fingerprint density at radius 1 is 1.14 bits per heavy atom. The van der Waals surface area contributed by atoms with Crippen LogP contribution in [0.4, 0.5) is 14.8 Å². The largest absolute Gasteiger partial charge is 0.508 e. The van der Waals surface area contributed by atoms with E-state index in [9.17, 15) is 13.9 Å². The van der Waals surface area contributed by atoms with Crippen molar-refractivity contribution in [2.24, 2.45) is 0 Å². The molecule has 0 bridgehead atoms. The first kappa shape index (κ1) is 17.8. The van der Waals surface area contributed by atoms with Crippen molar-refractivity contribution in [1.29, 1.82) is 0 Å². The van der Waals surface area contributed by atoms with Crippen molar-refractivity contribution in [3.8, 4) is 5.75 Å². The molecule has 0 radical (unpaired) electrons. The van der Waals surface area contributed by atoms with E-state index in [1.54, 1.807) is 0 Å². The molecule has 3 aliphatic heterocycles. The smallest absolute Gasteiger partial charge is 0.318 e. The standard InChI is InChI=1S/C19H22F2N4O3/c20-15-5-14(17(26)6-16(15)21)12-1-3-24(4-2-12)13-7-19(28-8-13)9-25(10-19)18-23-22-11-27-18/h5-6,11-13,26H,1-4,7-10H2. The molecule has 1 spiro atoms. The molecule has 1 unspecified atom stereocenters. The van der Waals surface area contributed by atoms with Crippen molar-refractivity contribution in [2.45, 2.75) is 36.8 Å². The number of hydrogen-bond donors (Lipinski definition) is 1. The van der Waals surface area contributed by atoms with Crippen LogP contribution in [0.3, 0.4) is 0 Å². The third-order valence-corrected chi connectivity index (χ3v) is 6.32. The third kappa shape index (κ3) is 3.02. The lowest BCUT2D eigenvalue weighted by atomic mass is 9.86. The van der Waals surface area contributed by atoms with Crippen molar-refractivity contribution in [1.82, 2.24) is 15.1 Å². The summed E-state index contributed by atoms with van der Waals surface area (Å²) in [5.74, 6) is -2.03. The monoisotopic (exact) mass is 392 g/mol. The zero-order valence-electron chi connectivity index (χ0n) is 15.4. The van der Waals surface area contributed by atoms with Crippen LogP contribution in [-0.2, 0) is 4.74 Å². The van der Waals surface area contributed by atoms with Gasteiger partial charge in [0.15, 0.2) is 11.6 Å². The molecule has 3 aliphatic rings. The fourth-order valence-electron chi connectivity index (χ4n) is 4.82. The molecule has 1 N–H and O–H groups in total. The van der Waals surface area contributed by atoms with Gasteiger partial charge in [-0.1, -0.05) is 5.10 Å². The van der Waals surface area contributed by atoms with Crippen LogP contribution in [0.15, 0.2) is 22.9 Å². The molecule has 9 heteroatoms. The average Bonchev–Trinajstić information content (AvgIpc) is 3.33. The average molecular weight is 392 g/mol. The number of aromatic hydroxyl groups is 1. The first-order valence-corrected chi connectivity index (χ1v) is 9.60. The van der Waals surface area contributed by atoms with Crippen molar-refractivity contribution < 1.29 is 23.0 Å². The van der Waals surface area contributed by atoms with Crippen molar-refractivity contribution in [2.75, 3.05) is 37.7 Å². The Bertz CT molecular complexity index is 849. The summed E-state index contributed by atoms with van der Waals surface area (Å²) in [4.78, 5) is 4.44. The summed E-state index contributed by atoms with van der Waals surface area (Å²) in [6.45, 7) is 3.90. The van der Waals surface area contributed by atoms with E-state index in [-0.39, 0.29) is 17.3 Å². The third-order valence-electron chi connectivity index (χ3n) is 6.32. The lowest BCUT2D eigenvalue weighted by molar-refractivity contribution is -0.0216. The van der Waals surface area contributed by atoms with Crippen LogP contribution in [0.25, 0.3) is 0 Å². The lowest BCUT2D eigenvalue weighted by Crippen LogP contribution is -2.62. The van der Waals surface area contributed by atoms with Gasteiger partial charge in [0.1, 0.15) is 11.4 Å². The van der Waals surface area contributed by atoms with Gasteiger partial charge in [-0.15, -0.1) is 5.10 Å². The molecule has 150 valence electrons. The zero-order valence-corrected chi connectivity index (χ0v) is 15.4. The maximum Gasteiger partial charge on any atom is 0.318 e. The molecule has 1 aromatic carbocycles. The number of aromatic nitrogens is 2. The Kier molecular flexibility index (Phi) is 4.24. The van der Waals surface area contributed by atoms with E-state index in [1.807, 2.05) is 4.90 Å². The number of piperidine rings is 1. The fourth-order valence-corrected chi connectivity index (χ4v) is 4.82. The lowest BCUT2D eigenvalue weighted by Gasteiger charge is -2.46. The van der Waals surface area contributed by atoms with Gasteiger partial charge in [-0.2, -0.15) is 0 Å². The second kappa shape index (κ2) is 6.66. The van der Waals surface area contributed by atoms with E-state index < -0.39 is 11.6 Å². The van der Waals surface area contributed by atoms with Crippen LogP contribution >= 0.6 is 0 Å². The highest BCUT2D eigenvalue weighted by Crippen LogP contribution is 2.41. The molecule has 0 saturated carbocycles. The molecule has 3 fully saturated rings. The summed E-state index contributed by atoms with van der Waals surface area (Å²) in [5.41, 5.74) is 0.362. The van der Waals surface area contributed by atoms with Crippen LogP contribution in [0.1, 0.15) is 30.7 Å². The molecule has 3 saturated heterocycles. The molecule has 2 aromatic rings. The number of ether oxygens (including phenoxy) is 1. The topological polar surface area (TPSA) is 74.9 Å². The second-order valence-corrected chi connectivity index (χ2v) is 8.06. The van der Waals surface area contributed by atoms with Gasteiger partial charge < -0.3 is 19.2 Å². The normalized spacial score (nSPS) is 25.4. The molecule has 5 rings (SSSR count). The van der Waals surface area contributed by atoms with Gasteiger partial charge in [0.2, 0.25) is 6.39 Å². The Hall–Kier alpha value is -2.26. The predicted molar refractivity (Wildman–Crippen MR) is 95.2 cm³/mol. The number of rotatable bonds is 3. The maximum absolute atomic E-state index is 13.6. The number of phenols is 1. The van der Waals surface area contributed by atoms with Crippen molar-refractivity contribution in [3.05, 3.63) is 35.7 Å². The van der Waals surface area contributed by atoms with E-state index in [0.717, 1.165) is 57.6 Å².